The maximum atomic E-state index is 12.2. The van der Waals surface area contributed by atoms with Gasteiger partial charge in [0.2, 0.25) is 5.91 Å². The van der Waals surface area contributed by atoms with Gasteiger partial charge in [-0.25, -0.2) is 0 Å². The van der Waals surface area contributed by atoms with Crippen LogP contribution in [0.1, 0.15) is 81.4 Å². The fraction of sp³-hybridized carbons (Fsp3) is 0.962. The molecule has 0 unspecified atom stereocenters. The van der Waals surface area contributed by atoms with E-state index in [1.165, 1.54) is 0 Å². The van der Waals surface area contributed by atoms with Crippen LogP contribution >= 0.6 is 0 Å². The van der Waals surface area contributed by atoms with Gasteiger partial charge in [0, 0.05) is 13.0 Å². The number of nitrogens with one attached hydrogen (secondary N) is 1. The second-order valence-electron chi connectivity index (χ2n) is 12.7. The Morgan fingerprint density at radius 2 is 1.78 bits per heavy atom. The van der Waals surface area contributed by atoms with Gasteiger partial charge in [0.25, 0.3) is 10.1 Å². The van der Waals surface area contributed by atoms with Crippen LogP contribution in [0.4, 0.5) is 0 Å². The molecule has 0 aromatic carbocycles. The minimum Gasteiger partial charge on any atom is -1.00 e. The molecule has 36 heavy (non-hydrogen) atoms. The Labute approximate surface area is 235 Å². The van der Waals surface area contributed by atoms with Crippen LogP contribution in [-0.2, 0) is 14.9 Å². The summed E-state index contributed by atoms with van der Waals surface area (Å²) in [6.45, 7) is 6.56. The van der Waals surface area contributed by atoms with Gasteiger partial charge >= 0.3 is 23.1 Å². The first kappa shape index (κ1) is 30.6. The van der Waals surface area contributed by atoms with E-state index in [0.717, 1.165) is 38.5 Å². The Kier molecular flexibility index (Phi) is 9.56. The average Bonchev–Trinajstić information content (AvgIpc) is 3.12. The van der Waals surface area contributed by atoms with Crippen molar-refractivity contribution in [2.24, 2.45) is 46.3 Å². The molecule has 1 amide bonds. The average molecular weight is 542 g/mol. The molecule has 4 saturated carbocycles. The van der Waals surface area contributed by atoms with E-state index in [2.05, 4.69) is 26.1 Å². The fourth-order valence-corrected chi connectivity index (χ4v) is 9.46. The van der Waals surface area contributed by atoms with Gasteiger partial charge in [-0.1, -0.05) is 20.8 Å². The van der Waals surface area contributed by atoms with Crippen LogP contribution < -0.4 is 5.32 Å². The van der Waals surface area contributed by atoms with E-state index in [1.54, 1.807) is 0 Å². The zero-order valence-electron chi connectivity index (χ0n) is 24.1. The Morgan fingerprint density at radius 1 is 1.08 bits per heavy atom. The molecule has 0 bridgehead atoms. The van der Waals surface area contributed by atoms with Crippen molar-refractivity contribution in [1.29, 1.82) is 0 Å². The van der Waals surface area contributed by atoms with E-state index in [-0.39, 0.29) is 91.3 Å². The molecule has 0 radical (unpaired) electrons. The van der Waals surface area contributed by atoms with E-state index in [4.69, 9.17) is 4.55 Å². The zero-order chi connectivity index (χ0) is 25.8. The van der Waals surface area contributed by atoms with Gasteiger partial charge < -0.3 is 23.5 Å². The van der Waals surface area contributed by atoms with Crippen LogP contribution in [0.25, 0.3) is 0 Å². The standard InChI is InChI=1S/C26H45NO7S.Mg.2H/c1-15(4-7-23(31)27-10-11-35(32,33)34)18-5-6-19-24-20(14-22(30)26(18,19)3)25(2)9-8-17(28)12-16(25)13-21(24)29;;;/h15-22,24,28-30H,4-14H2,1-3H3,(H,27,31)(H,32,33,34);;;/q;+2;2*-1/t15-,16+,17-,18-,19+,20+,21-,22+,24+,25+,26-;;;/m1.../s1. The molecule has 4 fully saturated rings. The maximum Gasteiger partial charge on any atom is 2.00 e. The normalized spacial score (nSPS) is 45.0. The number of fused-ring (bicyclic) bond motifs is 5. The minimum atomic E-state index is -4.10. The summed E-state index contributed by atoms with van der Waals surface area (Å²) in [5.74, 6) is 0.705. The van der Waals surface area contributed by atoms with E-state index in [9.17, 15) is 28.5 Å². The predicted octanol–water partition coefficient (Wildman–Crippen LogP) is 2.21. The zero-order valence-corrected chi connectivity index (χ0v) is 24.3. The largest absolute Gasteiger partial charge is 2.00 e. The summed E-state index contributed by atoms with van der Waals surface area (Å²) >= 11 is 0. The number of amides is 1. The number of aliphatic hydroxyl groups is 3. The Balaban J connectivity index is 0.00000241. The quantitative estimate of drug-likeness (QED) is 0.245. The molecule has 0 spiro atoms. The summed E-state index contributed by atoms with van der Waals surface area (Å²) in [6, 6.07) is 0. The van der Waals surface area contributed by atoms with Crippen molar-refractivity contribution in [1.82, 2.24) is 5.32 Å². The van der Waals surface area contributed by atoms with Gasteiger partial charge in [-0.2, -0.15) is 8.42 Å². The van der Waals surface area contributed by atoms with Gasteiger partial charge in [0.05, 0.1) is 24.1 Å². The Hall–Kier alpha value is 0.0262. The second kappa shape index (κ2) is 11.3. The summed E-state index contributed by atoms with van der Waals surface area (Å²) in [4.78, 5) is 12.2. The molecule has 0 aromatic rings. The Bertz CT molecular complexity index is 914. The molecule has 206 valence electrons. The molecule has 0 saturated heterocycles. The number of aliphatic hydroxyl groups excluding tert-OH is 3. The summed E-state index contributed by atoms with van der Waals surface area (Å²) in [6.07, 6.45) is 5.67. The first-order chi connectivity index (χ1) is 16.3. The SMILES string of the molecule is C[C@H](CCC(=O)NCCS(=O)(=O)O)[C@H]1CC[C@H]2[C@@H]3[C@H](O)C[C@@H]4C[C@H](O)CC[C@]4(C)[C@H]3C[C@H](O)[C@]12C.[H-].[H-].[Mg+2]. The molecule has 10 heteroatoms. The summed E-state index contributed by atoms with van der Waals surface area (Å²) in [5.41, 5.74) is -0.254. The molecule has 8 nitrogen and oxygen atoms in total. The molecule has 4 rings (SSSR count). The van der Waals surface area contributed by atoms with Crippen LogP contribution in [0.15, 0.2) is 0 Å². The Morgan fingerprint density at radius 3 is 2.44 bits per heavy atom. The molecular weight excluding hydrogens is 495 g/mol. The van der Waals surface area contributed by atoms with E-state index < -0.39 is 28.1 Å². The summed E-state index contributed by atoms with van der Waals surface area (Å²) in [7, 11) is -4.10. The van der Waals surface area contributed by atoms with Crippen molar-refractivity contribution in [3.8, 4) is 0 Å². The monoisotopic (exact) mass is 541 g/mol. The number of rotatable bonds is 7. The van der Waals surface area contributed by atoms with Crippen LogP contribution in [0, 0.1) is 46.3 Å². The first-order valence-electron chi connectivity index (χ1n) is 13.5. The van der Waals surface area contributed by atoms with E-state index in [0.29, 0.717) is 18.8 Å². The van der Waals surface area contributed by atoms with Gasteiger partial charge in [-0.05, 0) is 97.7 Å². The predicted molar refractivity (Wildman–Crippen MR) is 140 cm³/mol. The number of carbonyl (C=O) groups excluding carboxylic acids is 1. The third kappa shape index (κ3) is 5.65. The third-order valence-corrected chi connectivity index (χ3v) is 11.7. The molecule has 11 atom stereocenters. The van der Waals surface area contributed by atoms with Crippen LogP contribution in [0.2, 0.25) is 0 Å². The molecule has 0 heterocycles. The number of carbonyl (C=O) groups is 1. The fourth-order valence-electron chi connectivity index (χ4n) is 9.10. The van der Waals surface area contributed by atoms with Gasteiger partial charge in [0.1, 0.15) is 0 Å². The minimum absolute atomic E-state index is 0. The maximum absolute atomic E-state index is 12.2. The van der Waals surface area contributed by atoms with Gasteiger partial charge in [-0.3, -0.25) is 9.35 Å². The van der Waals surface area contributed by atoms with Crippen molar-refractivity contribution in [3.05, 3.63) is 0 Å². The van der Waals surface area contributed by atoms with Gasteiger partial charge in [0.15, 0.2) is 0 Å². The van der Waals surface area contributed by atoms with Crippen molar-refractivity contribution in [2.45, 2.75) is 96.9 Å². The molecule has 0 aliphatic heterocycles. The molecular formula is C26H47MgNO7S. The van der Waals surface area contributed by atoms with E-state index >= 15 is 0 Å². The van der Waals surface area contributed by atoms with Crippen molar-refractivity contribution in [3.63, 3.8) is 0 Å². The van der Waals surface area contributed by atoms with Crippen molar-refractivity contribution < 1.29 is 35.9 Å². The molecule has 0 aromatic heterocycles. The first-order valence-corrected chi connectivity index (χ1v) is 15.1. The number of hydrogen-bond donors (Lipinski definition) is 5. The van der Waals surface area contributed by atoms with Crippen molar-refractivity contribution >= 4 is 39.1 Å². The van der Waals surface area contributed by atoms with Crippen LogP contribution in [-0.4, -0.2) is 87.9 Å². The van der Waals surface area contributed by atoms with E-state index in [1.807, 2.05) is 0 Å². The van der Waals surface area contributed by atoms with Crippen molar-refractivity contribution in [2.75, 3.05) is 12.3 Å². The smallest absolute Gasteiger partial charge is 1.00 e. The third-order valence-electron chi connectivity index (χ3n) is 11.0. The van der Waals surface area contributed by atoms with Crippen LogP contribution in [0.5, 0.6) is 0 Å². The number of hydrogen-bond acceptors (Lipinski definition) is 6. The molecule has 5 N–H and O–H groups in total. The van der Waals surface area contributed by atoms with Crippen LogP contribution in [0.3, 0.4) is 0 Å². The molecule has 4 aliphatic carbocycles. The second-order valence-corrected chi connectivity index (χ2v) is 14.2. The van der Waals surface area contributed by atoms with Gasteiger partial charge in [-0.15, -0.1) is 0 Å². The molecule has 4 aliphatic rings. The summed E-state index contributed by atoms with van der Waals surface area (Å²) in [5, 5.41) is 35.8. The summed E-state index contributed by atoms with van der Waals surface area (Å²) < 4.78 is 30.5. The topological polar surface area (TPSA) is 144 Å².